The summed E-state index contributed by atoms with van der Waals surface area (Å²) in [5.41, 5.74) is 0.0738. The smallest absolute Gasteiger partial charge is 0.165 e. The Bertz CT molecular complexity index is 1010. The number of hydrogen-bond acceptors (Lipinski definition) is 5. The maximum atomic E-state index is 12.0. The number of rotatable bonds is 2. The summed E-state index contributed by atoms with van der Waals surface area (Å²) in [6.45, 7) is 9.30. The molecule has 6 aliphatic rings. The quantitative estimate of drug-likeness (QED) is 0.711. The van der Waals surface area contributed by atoms with Crippen LogP contribution in [0.3, 0.4) is 0 Å². The van der Waals surface area contributed by atoms with Crippen molar-refractivity contribution in [2.24, 2.45) is 16.7 Å². The monoisotopic (exact) mass is 425 g/mol. The minimum Gasteiger partial charge on any atom is -0.504 e. The Morgan fingerprint density at radius 2 is 1.94 bits per heavy atom. The molecule has 0 radical (unpaired) electrons. The van der Waals surface area contributed by atoms with E-state index in [1.165, 1.54) is 11.1 Å². The first kappa shape index (κ1) is 20.1. The SMILES string of the molecule is CO[C@]12C=C[C@@]3(CC1[C@](C)(O)C(C)(C)C)[C@H]1Cc4ccc(O)c5c4[C@@]3(CCN1C)[C@H]2O5. The third-order valence-corrected chi connectivity index (χ3v) is 10.3. The lowest BCUT2D eigenvalue weighted by Gasteiger charge is -2.72. The summed E-state index contributed by atoms with van der Waals surface area (Å²) >= 11 is 0. The van der Waals surface area contributed by atoms with E-state index in [2.05, 4.69) is 50.9 Å². The number of piperidine rings is 1. The van der Waals surface area contributed by atoms with Gasteiger partial charge in [-0.2, -0.15) is 0 Å². The van der Waals surface area contributed by atoms with Crippen LogP contribution in [0.1, 0.15) is 51.7 Å². The van der Waals surface area contributed by atoms with Crippen LogP contribution in [-0.4, -0.2) is 59.2 Å². The lowest BCUT2D eigenvalue weighted by atomic mass is 9.35. The molecule has 2 fully saturated rings. The van der Waals surface area contributed by atoms with E-state index in [1.807, 2.05) is 6.92 Å². The minimum atomic E-state index is -0.963. The Labute approximate surface area is 185 Å². The molecule has 1 aromatic carbocycles. The van der Waals surface area contributed by atoms with Gasteiger partial charge in [-0.25, -0.2) is 0 Å². The highest BCUT2D eigenvalue weighted by molar-refractivity contribution is 5.65. The van der Waals surface area contributed by atoms with Crippen LogP contribution >= 0.6 is 0 Å². The molecule has 5 nitrogen and oxygen atoms in total. The molecule has 1 saturated heterocycles. The normalized spacial score (nSPS) is 44.0. The average molecular weight is 426 g/mol. The van der Waals surface area contributed by atoms with Crippen LogP contribution in [-0.2, 0) is 16.6 Å². The second-order valence-electron chi connectivity index (χ2n) is 12.0. The number of likely N-dealkylation sites (N-methyl/N-ethyl adjacent to an activating group) is 1. The second-order valence-corrected chi connectivity index (χ2v) is 12.0. The topological polar surface area (TPSA) is 62.2 Å². The van der Waals surface area contributed by atoms with E-state index in [1.54, 1.807) is 13.2 Å². The third kappa shape index (κ3) is 1.89. The Hall–Kier alpha value is -1.56. The van der Waals surface area contributed by atoms with E-state index >= 15 is 0 Å². The van der Waals surface area contributed by atoms with Crippen LogP contribution in [0.25, 0.3) is 0 Å². The molecule has 4 aliphatic carbocycles. The standard InChI is InChI=1S/C26H35NO4/c1-22(2,3)23(4,29)17-14-24-9-10-26(17,30-6)21-25(24)11-12-27(5)18(24)13-15-7-8-16(28)20(31-21)19(15)25/h7-10,17-18,21,28-29H,11-14H2,1-6H3/t17?,18-,21-,23+,24-,25+,26-/m1/s1. The first-order valence-electron chi connectivity index (χ1n) is 11.7. The van der Waals surface area contributed by atoms with Crippen molar-refractivity contribution in [1.29, 1.82) is 0 Å². The molecular weight excluding hydrogens is 390 g/mol. The van der Waals surface area contributed by atoms with Crippen molar-refractivity contribution in [2.75, 3.05) is 20.7 Å². The lowest BCUT2D eigenvalue weighted by molar-refractivity contribution is -0.261. The van der Waals surface area contributed by atoms with Crippen molar-refractivity contribution in [2.45, 2.75) is 75.7 Å². The van der Waals surface area contributed by atoms with Gasteiger partial charge >= 0.3 is 0 Å². The van der Waals surface area contributed by atoms with Crippen LogP contribution in [0.2, 0.25) is 0 Å². The number of aliphatic hydroxyl groups is 1. The summed E-state index contributed by atoms with van der Waals surface area (Å²) in [5.74, 6) is 0.746. The van der Waals surface area contributed by atoms with Gasteiger partial charge in [0.05, 0.1) is 11.0 Å². The molecule has 2 aliphatic heterocycles. The van der Waals surface area contributed by atoms with Gasteiger partial charge in [-0.05, 0) is 56.8 Å². The summed E-state index contributed by atoms with van der Waals surface area (Å²) in [4.78, 5) is 2.51. The molecule has 1 saturated carbocycles. The number of fused-ring (bicyclic) bond motifs is 1. The van der Waals surface area contributed by atoms with Gasteiger partial charge < -0.3 is 24.6 Å². The Morgan fingerprint density at radius 3 is 2.61 bits per heavy atom. The van der Waals surface area contributed by atoms with Crippen LogP contribution in [0, 0.1) is 16.7 Å². The molecule has 1 aromatic rings. The number of phenolic OH excluding ortho intramolecular Hbond substituents is 1. The maximum Gasteiger partial charge on any atom is 0.165 e. The van der Waals surface area contributed by atoms with Crippen LogP contribution in [0.4, 0.5) is 0 Å². The van der Waals surface area contributed by atoms with Gasteiger partial charge in [-0.15, -0.1) is 0 Å². The van der Waals surface area contributed by atoms with Gasteiger partial charge in [0.2, 0.25) is 0 Å². The molecule has 2 heterocycles. The maximum absolute atomic E-state index is 12.0. The van der Waals surface area contributed by atoms with E-state index < -0.39 is 11.2 Å². The molecule has 1 unspecified atom stereocenters. The van der Waals surface area contributed by atoms with Crippen LogP contribution in [0.5, 0.6) is 11.5 Å². The fourth-order valence-electron chi connectivity index (χ4n) is 8.22. The van der Waals surface area contributed by atoms with Crippen molar-refractivity contribution in [3.8, 4) is 11.5 Å². The number of phenols is 1. The molecule has 168 valence electrons. The van der Waals surface area contributed by atoms with E-state index in [-0.39, 0.29) is 34.0 Å². The van der Waals surface area contributed by atoms with Gasteiger partial charge in [0, 0.05) is 30.0 Å². The fraction of sp³-hybridized carbons (Fsp3) is 0.692. The highest BCUT2D eigenvalue weighted by Crippen LogP contribution is 2.75. The third-order valence-electron chi connectivity index (χ3n) is 10.3. The number of likely N-dealkylation sites (tertiary alicyclic amines) is 1. The first-order valence-corrected chi connectivity index (χ1v) is 11.7. The molecule has 2 N–H and O–H groups in total. The van der Waals surface area contributed by atoms with Gasteiger partial charge in [0.1, 0.15) is 11.7 Å². The Morgan fingerprint density at radius 1 is 1.19 bits per heavy atom. The molecule has 0 aromatic heterocycles. The Kier molecular flexibility index (Phi) is 3.56. The molecule has 7 atom stereocenters. The molecule has 31 heavy (non-hydrogen) atoms. The largest absolute Gasteiger partial charge is 0.504 e. The number of aromatic hydroxyl groups is 1. The van der Waals surface area contributed by atoms with Gasteiger partial charge in [-0.1, -0.05) is 39.0 Å². The summed E-state index contributed by atoms with van der Waals surface area (Å²) in [6.07, 6.45) is 7.12. The van der Waals surface area contributed by atoms with Crippen LogP contribution < -0.4 is 4.74 Å². The fourth-order valence-corrected chi connectivity index (χ4v) is 8.22. The highest BCUT2D eigenvalue weighted by Gasteiger charge is 2.80. The number of ether oxygens (including phenoxy) is 2. The lowest BCUT2D eigenvalue weighted by Crippen LogP contribution is -2.81. The highest BCUT2D eigenvalue weighted by atomic mass is 16.6. The van der Waals surface area contributed by atoms with Gasteiger partial charge in [-0.3, -0.25) is 0 Å². The number of hydrogen-bond donors (Lipinski definition) is 2. The van der Waals surface area contributed by atoms with E-state index in [9.17, 15) is 10.2 Å². The van der Waals surface area contributed by atoms with Crippen molar-refractivity contribution in [1.82, 2.24) is 4.90 Å². The van der Waals surface area contributed by atoms with Crippen molar-refractivity contribution < 1.29 is 19.7 Å². The zero-order valence-electron chi connectivity index (χ0n) is 19.5. The zero-order valence-corrected chi connectivity index (χ0v) is 19.5. The number of methoxy groups -OCH3 is 1. The molecule has 7 rings (SSSR count). The molecule has 5 heteroatoms. The van der Waals surface area contributed by atoms with Crippen LogP contribution in [0.15, 0.2) is 24.3 Å². The summed E-state index contributed by atoms with van der Waals surface area (Å²) in [7, 11) is 3.99. The predicted octanol–water partition coefficient (Wildman–Crippen LogP) is 3.41. The second kappa shape index (κ2) is 5.49. The van der Waals surface area contributed by atoms with Crippen molar-refractivity contribution >= 4 is 0 Å². The Balaban J connectivity index is 1.68. The zero-order chi connectivity index (χ0) is 22.2. The number of benzene rings is 1. The molecule has 4 bridgehead atoms. The number of nitrogens with zero attached hydrogens (tertiary/aromatic N) is 1. The van der Waals surface area contributed by atoms with E-state index in [4.69, 9.17) is 9.47 Å². The molecule has 0 amide bonds. The molecule has 2 spiro atoms. The van der Waals surface area contributed by atoms with E-state index in [0.29, 0.717) is 11.8 Å². The van der Waals surface area contributed by atoms with Crippen molar-refractivity contribution in [3.63, 3.8) is 0 Å². The molecular formula is C26H35NO4. The average Bonchev–Trinajstić information content (AvgIpc) is 3.08. The van der Waals surface area contributed by atoms with Gasteiger partial charge in [0.15, 0.2) is 11.5 Å². The summed E-state index contributed by atoms with van der Waals surface area (Å²) in [6, 6.07) is 4.21. The summed E-state index contributed by atoms with van der Waals surface area (Å²) in [5, 5.41) is 22.8. The predicted molar refractivity (Wildman–Crippen MR) is 118 cm³/mol. The van der Waals surface area contributed by atoms with E-state index in [0.717, 1.165) is 25.8 Å². The minimum absolute atomic E-state index is 0.125. The van der Waals surface area contributed by atoms with Crippen molar-refractivity contribution in [3.05, 3.63) is 35.4 Å². The first-order chi connectivity index (χ1) is 14.5. The summed E-state index contributed by atoms with van der Waals surface area (Å²) < 4.78 is 13.1. The van der Waals surface area contributed by atoms with Gasteiger partial charge in [0.25, 0.3) is 0 Å².